The number of esters is 1. The minimum absolute atomic E-state index is 0.0504. The van der Waals surface area contributed by atoms with E-state index < -0.39 is 71.8 Å². The maximum absolute atomic E-state index is 14.6. The lowest BCUT2D eigenvalue weighted by molar-refractivity contribution is -0.265. The van der Waals surface area contributed by atoms with Crippen LogP contribution in [0.25, 0.3) is 0 Å². The Hall–Kier alpha value is -3.41. The Morgan fingerprint density at radius 3 is 2.21 bits per heavy atom. The van der Waals surface area contributed by atoms with E-state index in [0.29, 0.717) is 63.4 Å². The number of carbonyl (C=O) groups excluding carboxylic acids is 5. The fraction of sp³-hybridized carbons (Fsp3) is 0.768. The van der Waals surface area contributed by atoms with Crippen molar-refractivity contribution < 1.29 is 67.3 Å². The largest absolute Gasteiger partial charge is 0.460 e. The van der Waals surface area contributed by atoms with Crippen LogP contribution < -0.4 is 0 Å². The predicted molar refractivity (Wildman–Crippen MR) is 270 cm³/mol. The number of rotatable bonds is 11. The Balaban J connectivity index is 1.74. The van der Waals surface area contributed by atoms with Crippen molar-refractivity contribution in [2.45, 2.75) is 200 Å². The molecule has 4 rings (SSSR count). The number of aliphatic hydroxyl groups excluding tert-OH is 1. The molecule has 3 fully saturated rings. The first-order valence-corrected chi connectivity index (χ1v) is 26.4. The van der Waals surface area contributed by atoms with E-state index in [1.165, 1.54) is 12.0 Å². The van der Waals surface area contributed by atoms with Crippen LogP contribution in [0.2, 0.25) is 0 Å². The molecule has 0 spiro atoms. The monoisotopic (exact) mass is 1000 g/mol. The van der Waals surface area contributed by atoms with Crippen LogP contribution in [0.4, 0.5) is 0 Å². The Kier molecular flexibility index (Phi) is 24.5. The summed E-state index contributed by atoms with van der Waals surface area (Å²) in [6, 6.07) is -1.13. The molecule has 0 unspecified atom stereocenters. The van der Waals surface area contributed by atoms with Crippen LogP contribution in [0.15, 0.2) is 47.6 Å². The molecule has 0 aromatic rings. The second-order valence-corrected chi connectivity index (χ2v) is 21.3. The third-order valence-electron chi connectivity index (χ3n) is 15.3. The molecule has 0 aromatic heterocycles. The zero-order valence-corrected chi connectivity index (χ0v) is 45.0. The molecule has 4 aliphatic rings. The summed E-state index contributed by atoms with van der Waals surface area (Å²) in [5.74, 6) is -7.47. The number of piperidine rings is 1. The van der Waals surface area contributed by atoms with Crippen LogP contribution in [0.5, 0.6) is 0 Å². The Morgan fingerprint density at radius 2 is 1.55 bits per heavy atom. The van der Waals surface area contributed by atoms with E-state index in [2.05, 4.69) is 6.92 Å². The number of hydrogen-bond acceptors (Lipinski definition) is 14. The summed E-state index contributed by atoms with van der Waals surface area (Å²) in [5, 5.41) is 21.4. The van der Waals surface area contributed by atoms with Crippen LogP contribution in [0.1, 0.15) is 139 Å². The highest BCUT2D eigenvalue weighted by molar-refractivity contribution is 6.39. The molecule has 15 atom stereocenters. The van der Waals surface area contributed by atoms with Gasteiger partial charge in [0, 0.05) is 58.5 Å². The number of nitrogens with zero attached hydrogens (tertiary/aromatic N) is 1. The SMILES string of the molecule is CO[C@H]1C[C@@H]2CC[C@@H](C)[C@@](O)(O2)C(=O)C(=O)N2CCCC[C@H]2C(=O)O[C@H]([C@H](C)C[C@@H]2CC[C@@H](OCCO)[C@H](OC)C2)CC(=O)[C@H](C)/C=C(\C)[C@@H](OC(C)C)[C@@H](OC)C(=O)[C@H](C)C[C@H](C)/C=C/C=C/C=C/1C. The van der Waals surface area contributed by atoms with Crippen LogP contribution in [-0.2, 0) is 57.1 Å². The van der Waals surface area contributed by atoms with Crippen molar-refractivity contribution in [1.29, 1.82) is 0 Å². The van der Waals surface area contributed by atoms with Crippen molar-refractivity contribution in [3.63, 3.8) is 0 Å². The van der Waals surface area contributed by atoms with Gasteiger partial charge in [0.25, 0.3) is 11.7 Å². The van der Waals surface area contributed by atoms with Crippen molar-refractivity contribution in [2.24, 2.45) is 35.5 Å². The molecule has 3 aliphatic heterocycles. The average Bonchev–Trinajstić information content (AvgIpc) is 3.34. The van der Waals surface area contributed by atoms with E-state index in [9.17, 15) is 34.2 Å². The number of ketones is 3. The zero-order chi connectivity index (χ0) is 52.6. The molecular weight excluding hydrogens is 911 g/mol. The molecule has 1 amide bonds. The molecule has 15 heteroatoms. The number of Topliss-reactive ketones (excluding diaryl/α,β-unsaturated/α-hetero) is 3. The molecule has 1 saturated carbocycles. The molecule has 1 aliphatic carbocycles. The first-order valence-electron chi connectivity index (χ1n) is 26.4. The van der Waals surface area contributed by atoms with Crippen molar-refractivity contribution >= 4 is 29.2 Å². The number of aliphatic hydroxyl groups is 2. The van der Waals surface area contributed by atoms with Crippen LogP contribution in [-0.4, -0.2) is 146 Å². The fourth-order valence-corrected chi connectivity index (χ4v) is 11.0. The lowest BCUT2D eigenvalue weighted by atomic mass is 9.78. The number of amides is 1. The van der Waals surface area contributed by atoms with E-state index in [1.54, 1.807) is 34.1 Å². The molecule has 402 valence electrons. The van der Waals surface area contributed by atoms with Gasteiger partial charge < -0.3 is 48.3 Å². The predicted octanol–water partition coefficient (Wildman–Crippen LogP) is 7.63. The summed E-state index contributed by atoms with van der Waals surface area (Å²) in [6.07, 6.45) is 13.1. The Morgan fingerprint density at radius 1 is 0.817 bits per heavy atom. The van der Waals surface area contributed by atoms with Gasteiger partial charge in [0.05, 0.1) is 43.7 Å². The summed E-state index contributed by atoms with van der Waals surface area (Å²) in [4.78, 5) is 73.1. The second kappa shape index (κ2) is 28.9. The first-order chi connectivity index (χ1) is 33.7. The highest BCUT2D eigenvalue weighted by Crippen LogP contribution is 2.38. The van der Waals surface area contributed by atoms with Gasteiger partial charge in [-0.2, -0.15) is 0 Å². The number of allylic oxidation sites excluding steroid dienone is 6. The molecule has 0 aromatic carbocycles. The molecule has 71 heavy (non-hydrogen) atoms. The third kappa shape index (κ3) is 16.8. The van der Waals surface area contributed by atoms with Crippen molar-refractivity contribution in [1.82, 2.24) is 4.90 Å². The van der Waals surface area contributed by atoms with Gasteiger partial charge >= 0.3 is 5.97 Å². The number of methoxy groups -OCH3 is 3. The average molecular weight is 1000 g/mol. The fourth-order valence-electron chi connectivity index (χ4n) is 11.0. The Bertz CT molecular complexity index is 1880. The topological polar surface area (TPSA) is 194 Å². The highest BCUT2D eigenvalue weighted by atomic mass is 16.6. The van der Waals surface area contributed by atoms with Crippen LogP contribution >= 0.6 is 0 Å². The summed E-state index contributed by atoms with van der Waals surface area (Å²) in [6.45, 7) is 17.1. The van der Waals surface area contributed by atoms with Gasteiger partial charge in [0.2, 0.25) is 5.79 Å². The van der Waals surface area contributed by atoms with E-state index in [4.69, 9.17) is 33.2 Å². The number of cyclic esters (lactones) is 1. The highest BCUT2D eigenvalue weighted by Gasteiger charge is 2.53. The number of carbonyl (C=O) groups is 5. The van der Waals surface area contributed by atoms with Crippen molar-refractivity contribution in [2.75, 3.05) is 41.1 Å². The smallest absolute Gasteiger partial charge is 0.329 e. The lowest BCUT2D eigenvalue weighted by Crippen LogP contribution is -2.61. The number of hydrogen-bond donors (Lipinski definition) is 2. The maximum atomic E-state index is 14.6. The second-order valence-electron chi connectivity index (χ2n) is 21.3. The van der Waals surface area contributed by atoms with Crippen molar-refractivity contribution in [3.05, 3.63) is 47.6 Å². The molecule has 2 saturated heterocycles. The van der Waals surface area contributed by atoms with Gasteiger partial charge in [-0.15, -0.1) is 0 Å². The lowest BCUT2D eigenvalue weighted by Gasteiger charge is -2.42. The van der Waals surface area contributed by atoms with E-state index >= 15 is 0 Å². The quantitative estimate of drug-likeness (QED) is 0.117. The molecule has 2 N–H and O–H groups in total. The van der Waals surface area contributed by atoms with Gasteiger partial charge in [0.15, 0.2) is 5.78 Å². The number of fused-ring (bicyclic) bond motifs is 3. The van der Waals surface area contributed by atoms with E-state index in [1.807, 2.05) is 71.9 Å². The normalized spacial score (nSPS) is 38.1. The molecule has 0 radical (unpaired) electrons. The molecule has 3 heterocycles. The van der Waals surface area contributed by atoms with Gasteiger partial charge in [0.1, 0.15) is 30.1 Å². The van der Waals surface area contributed by atoms with E-state index in [0.717, 1.165) is 12.0 Å². The van der Waals surface area contributed by atoms with Gasteiger partial charge in [-0.05, 0) is 121 Å². The zero-order valence-electron chi connectivity index (χ0n) is 45.0. The first kappa shape index (κ1) is 60.1. The minimum Gasteiger partial charge on any atom is -0.460 e. The number of ether oxygens (including phenoxy) is 7. The Labute approximate surface area is 424 Å². The van der Waals surface area contributed by atoms with E-state index in [-0.39, 0.29) is 86.2 Å². The van der Waals surface area contributed by atoms with Crippen LogP contribution in [0, 0.1) is 35.5 Å². The summed E-state index contributed by atoms with van der Waals surface area (Å²) >= 11 is 0. The third-order valence-corrected chi connectivity index (χ3v) is 15.3. The maximum Gasteiger partial charge on any atom is 0.329 e. The molecule has 15 nitrogen and oxygen atoms in total. The van der Waals surface area contributed by atoms with Gasteiger partial charge in [-0.3, -0.25) is 19.2 Å². The summed E-state index contributed by atoms with van der Waals surface area (Å²) in [5.41, 5.74) is 1.55. The summed E-state index contributed by atoms with van der Waals surface area (Å²) in [7, 11) is 4.73. The van der Waals surface area contributed by atoms with Crippen LogP contribution in [0.3, 0.4) is 0 Å². The van der Waals surface area contributed by atoms with Crippen molar-refractivity contribution in [3.8, 4) is 0 Å². The molecule has 2 bridgehead atoms. The van der Waals surface area contributed by atoms with Gasteiger partial charge in [-0.25, -0.2) is 4.79 Å². The van der Waals surface area contributed by atoms with Gasteiger partial charge in [-0.1, -0.05) is 71.1 Å². The summed E-state index contributed by atoms with van der Waals surface area (Å²) < 4.78 is 42.5. The molecular formula is C56H89NO14. The minimum atomic E-state index is -2.43. The standard InChI is InChI=1S/C56H89NO14/c1-34(2)69-51-40(8)29-37(5)45(59)33-48(38(6)30-42-22-24-46(68-27-26-58)49(31-42)66-11)70-55(63)44-20-16-17-25-57(44)54(62)53(61)56(64)41(9)21-23-43(71-56)32-47(65-10)36(4)19-15-13-14-18-35(3)28-39(7)50(60)52(51)67-12/h13-15,18-19,29,34-35,37-39,41-44,46-49,51-52,58,64H,16-17,20-28,30-33H2,1-12H3/b15-13+,18-14+,36-19+,40-29+/t35-,37-,38-,39-,41-,42+,43+,44+,46-,47+,48+,49-,51-,52+,56-/m1/s1.